The fraction of sp³-hybridized carbons (Fsp3) is 0.0556. The molecule has 5 nitrogen and oxygen atoms in total. The Hall–Kier alpha value is -2.64. The van der Waals surface area contributed by atoms with E-state index in [-0.39, 0.29) is 17.6 Å². The number of nitrogens with zero attached hydrogens (tertiary/aromatic N) is 1. The molecular formula is C18H14N2O3S2. The highest BCUT2D eigenvalue weighted by Crippen LogP contribution is 2.36. The lowest BCUT2D eigenvalue weighted by Gasteiger charge is -2.15. The Labute approximate surface area is 154 Å². The van der Waals surface area contributed by atoms with Gasteiger partial charge < -0.3 is 10.4 Å². The summed E-state index contributed by atoms with van der Waals surface area (Å²) >= 11 is 6.54. The Bertz CT molecular complexity index is 891. The van der Waals surface area contributed by atoms with E-state index in [1.54, 1.807) is 54.6 Å². The summed E-state index contributed by atoms with van der Waals surface area (Å²) in [5, 5.41) is 12.2. The largest absolute Gasteiger partial charge is 0.508 e. The van der Waals surface area contributed by atoms with Gasteiger partial charge >= 0.3 is 0 Å². The van der Waals surface area contributed by atoms with Crippen LogP contribution in [0.2, 0.25) is 0 Å². The molecule has 25 heavy (non-hydrogen) atoms. The van der Waals surface area contributed by atoms with Gasteiger partial charge in [0.1, 0.15) is 5.75 Å². The van der Waals surface area contributed by atoms with Crippen molar-refractivity contribution >= 4 is 57.6 Å². The molecule has 1 heterocycles. The smallest absolute Gasteiger partial charge is 0.270 e. The minimum absolute atomic E-state index is 0.137. The first-order chi connectivity index (χ1) is 11.9. The number of rotatable bonds is 3. The maximum atomic E-state index is 12.7. The van der Waals surface area contributed by atoms with Crippen LogP contribution in [0.15, 0.2) is 53.4 Å². The van der Waals surface area contributed by atoms with Crippen LogP contribution in [0.1, 0.15) is 12.5 Å². The van der Waals surface area contributed by atoms with Gasteiger partial charge in [0, 0.05) is 12.6 Å². The first-order valence-corrected chi connectivity index (χ1v) is 8.61. The number of phenols is 1. The van der Waals surface area contributed by atoms with Crippen molar-refractivity contribution in [2.75, 3.05) is 10.2 Å². The second kappa shape index (κ2) is 7.08. The number of aromatic hydroxyl groups is 1. The Morgan fingerprint density at radius 2 is 1.96 bits per heavy atom. The number of carbonyl (C=O) groups is 2. The van der Waals surface area contributed by atoms with Gasteiger partial charge in [-0.1, -0.05) is 36.1 Å². The molecule has 2 aromatic rings. The third kappa shape index (κ3) is 3.89. The minimum atomic E-state index is -0.217. The van der Waals surface area contributed by atoms with Gasteiger partial charge in [0.05, 0.1) is 10.6 Å². The monoisotopic (exact) mass is 370 g/mol. The molecule has 1 aliphatic rings. The zero-order valence-corrected chi connectivity index (χ0v) is 14.9. The highest BCUT2D eigenvalue weighted by atomic mass is 32.2. The Morgan fingerprint density at radius 3 is 2.60 bits per heavy atom. The van der Waals surface area contributed by atoms with E-state index in [4.69, 9.17) is 12.2 Å². The molecule has 0 bridgehead atoms. The Balaban J connectivity index is 1.85. The van der Waals surface area contributed by atoms with E-state index in [0.29, 0.717) is 20.6 Å². The molecule has 1 fully saturated rings. The fourth-order valence-electron chi connectivity index (χ4n) is 2.35. The summed E-state index contributed by atoms with van der Waals surface area (Å²) in [6.45, 7) is 1.43. The van der Waals surface area contributed by atoms with E-state index in [1.807, 2.05) is 0 Å². The predicted octanol–water partition coefficient (Wildman–Crippen LogP) is 3.76. The number of thioether (sulfide) groups is 1. The van der Waals surface area contributed by atoms with Crippen LogP contribution in [-0.4, -0.2) is 21.2 Å². The lowest BCUT2D eigenvalue weighted by Crippen LogP contribution is -2.27. The summed E-state index contributed by atoms with van der Waals surface area (Å²) in [6.07, 6.45) is 1.70. The van der Waals surface area contributed by atoms with Gasteiger partial charge in [0.15, 0.2) is 4.32 Å². The standard InChI is InChI=1S/C18H14N2O3S2/c1-11(21)19-13-5-7-14(8-6-13)20-17(23)16(25-18(20)24)10-12-3-2-4-15(22)9-12/h2-10,22H,1H3,(H,19,21)/b16-10+. The number of hydrogen-bond acceptors (Lipinski definition) is 5. The van der Waals surface area contributed by atoms with Crippen molar-refractivity contribution in [3.63, 3.8) is 0 Å². The number of benzene rings is 2. The molecule has 2 aromatic carbocycles. The number of carbonyl (C=O) groups excluding carboxylic acids is 2. The van der Waals surface area contributed by atoms with E-state index >= 15 is 0 Å². The van der Waals surface area contributed by atoms with Gasteiger partial charge in [-0.3, -0.25) is 14.5 Å². The van der Waals surface area contributed by atoms with Crippen molar-refractivity contribution in [3.05, 3.63) is 59.0 Å². The van der Waals surface area contributed by atoms with Crippen LogP contribution in [0.4, 0.5) is 11.4 Å². The lowest BCUT2D eigenvalue weighted by atomic mass is 10.2. The number of phenolic OH excluding ortho intramolecular Hbond substituents is 1. The first kappa shape index (κ1) is 17.2. The quantitative estimate of drug-likeness (QED) is 0.636. The summed E-state index contributed by atoms with van der Waals surface area (Å²) in [7, 11) is 0. The Morgan fingerprint density at radius 1 is 1.24 bits per heavy atom. The fourth-order valence-corrected chi connectivity index (χ4v) is 3.65. The molecule has 0 aliphatic carbocycles. The van der Waals surface area contributed by atoms with Crippen molar-refractivity contribution in [1.29, 1.82) is 0 Å². The summed E-state index contributed by atoms with van der Waals surface area (Å²) in [5.41, 5.74) is 2.01. The maximum Gasteiger partial charge on any atom is 0.270 e. The van der Waals surface area contributed by atoms with Gasteiger partial charge in [0.2, 0.25) is 5.91 Å². The third-order valence-corrected chi connectivity index (χ3v) is 4.71. The molecule has 0 aromatic heterocycles. The summed E-state index contributed by atoms with van der Waals surface area (Å²) in [6, 6.07) is 13.5. The van der Waals surface area contributed by atoms with E-state index in [0.717, 1.165) is 5.56 Å². The SMILES string of the molecule is CC(=O)Nc1ccc(N2C(=O)/C(=C\c3cccc(O)c3)SC2=S)cc1. The molecule has 1 saturated heterocycles. The zero-order valence-electron chi connectivity index (χ0n) is 13.2. The van der Waals surface area contributed by atoms with E-state index in [1.165, 1.54) is 23.6 Å². The topological polar surface area (TPSA) is 69.6 Å². The second-order valence-electron chi connectivity index (χ2n) is 5.34. The van der Waals surface area contributed by atoms with Crippen LogP contribution in [-0.2, 0) is 9.59 Å². The highest BCUT2D eigenvalue weighted by Gasteiger charge is 2.33. The van der Waals surface area contributed by atoms with Crippen molar-refractivity contribution < 1.29 is 14.7 Å². The average Bonchev–Trinajstić information content (AvgIpc) is 2.82. The second-order valence-corrected chi connectivity index (χ2v) is 7.02. The number of nitrogens with one attached hydrogen (secondary N) is 1. The molecule has 2 amide bonds. The van der Waals surface area contributed by atoms with Gasteiger partial charge in [-0.05, 0) is 48.0 Å². The average molecular weight is 370 g/mol. The van der Waals surface area contributed by atoms with Gasteiger partial charge in [-0.2, -0.15) is 0 Å². The summed E-state index contributed by atoms with van der Waals surface area (Å²) in [4.78, 5) is 25.7. The van der Waals surface area contributed by atoms with Crippen LogP contribution in [0.3, 0.4) is 0 Å². The van der Waals surface area contributed by atoms with Gasteiger partial charge in [0.25, 0.3) is 5.91 Å². The van der Waals surface area contributed by atoms with Crippen molar-refractivity contribution in [2.24, 2.45) is 0 Å². The molecule has 0 unspecified atom stereocenters. The van der Waals surface area contributed by atoms with Crippen LogP contribution in [0.5, 0.6) is 5.75 Å². The normalized spacial score (nSPS) is 15.7. The molecule has 0 saturated carbocycles. The summed E-state index contributed by atoms with van der Waals surface area (Å²) in [5.74, 6) is -0.240. The third-order valence-electron chi connectivity index (χ3n) is 3.41. The van der Waals surface area contributed by atoms with Crippen LogP contribution >= 0.6 is 24.0 Å². The molecule has 126 valence electrons. The van der Waals surface area contributed by atoms with Gasteiger partial charge in [-0.15, -0.1) is 0 Å². The molecule has 0 spiro atoms. The van der Waals surface area contributed by atoms with Gasteiger partial charge in [-0.25, -0.2) is 0 Å². The van der Waals surface area contributed by atoms with Crippen molar-refractivity contribution in [3.8, 4) is 5.75 Å². The highest BCUT2D eigenvalue weighted by molar-refractivity contribution is 8.27. The molecule has 3 rings (SSSR count). The minimum Gasteiger partial charge on any atom is -0.508 e. The predicted molar refractivity (Wildman–Crippen MR) is 105 cm³/mol. The molecule has 1 aliphatic heterocycles. The molecule has 7 heteroatoms. The van der Waals surface area contributed by atoms with Crippen LogP contribution < -0.4 is 10.2 Å². The van der Waals surface area contributed by atoms with Crippen LogP contribution in [0, 0.1) is 0 Å². The molecule has 2 N–H and O–H groups in total. The first-order valence-electron chi connectivity index (χ1n) is 7.39. The zero-order chi connectivity index (χ0) is 18.0. The van der Waals surface area contributed by atoms with E-state index < -0.39 is 0 Å². The number of amides is 2. The van der Waals surface area contributed by atoms with Crippen molar-refractivity contribution in [2.45, 2.75) is 6.92 Å². The number of thiocarbonyl (C=S) groups is 1. The van der Waals surface area contributed by atoms with E-state index in [2.05, 4.69) is 5.32 Å². The molecular weight excluding hydrogens is 356 g/mol. The maximum absolute atomic E-state index is 12.7. The van der Waals surface area contributed by atoms with Crippen LogP contribution in [0.25, 0.3) is 6.08 Å². The lowest BCUT2D eigenvalue weighted by molar-refractivity contribution is -0.114. The van der Waals surface area contributed by atoms with E-state index in [9.17, 15) is 14.7 Å². The number of anilines is 2. The molecule has 0 atom stereocenters. The molecule has 0 radical (unpaired) electrons. The Kier molecular flexibility index (Phi) is 4.87. The number of hydrogen-bond donors (Lipinski definition) is 2. The summed E-state index contributed by atoms with van der Waals surface area (Å²) < 4.78 is 0.434. The van der Waals surface area contributed by atoms with Crippen molar-refractivity contribution in [1.82, 2.24) is 0 Å².